The summed E-state index contributed by atoms with van der Waals surface area (Å²) in [7, 11) is 0. The SMILES string of the molecule is NC(N)=NCCC[C@H](N)C(=O)OC(=O)[C@@H](N)CC(=O)O.[H-].[Na+]. The molecule has 0 amide bonds. The van der Waals surface area contributed by atoms with Gasteiger partial charge in [-0.05, 0) is 12.8 Å². The Morgan fingerprint density at radius 2 is 1.67 bits per heavy atom. The van der Waals surface area contributed by atoms with Crippen molar-refractivity contribution >= 4 is 23.9 Å². The van der Waals surface area contributed by atoms with E-state index in [1.807, 2.05) is 0 Å². The number of aliphatic carboxylic acids is 1. The number of carbonyl (C=O) groups excluding carboxylic acids is 2. The molecule has 0 aromatic heterocycles. The molecule has 0 aromatic rings. The summed E-state index contributed by atoms with van der Waals surface area (Å²) < 4.78 is 4.38. The minimum absolute atomic E-state index is 0. The van der Waals surface area contributed by atoms with Crippen LogP contribution in [-0.2, 0) is 19.1 Å². The molecule has 9 N–H and O–H groups in total. The molecule has 0 unspecified atom stereocenters. The van der Waals surface area contributed by atoms with Crippen molar-refractivity contribution in [1.29, 1.82) is 0 Å². The molecule has 10 nitrogen and oxygen atoms in total. The van der Waals surface area contributed by atoms with Crippen LogP contribution in [0.2, 0.25) is 0 Å². The molecule has 0 saturated heterocycles. The predicted molar refractivity (Wildman–Crippen MR) is 70.3 cm³/mol. The van der Waals surface area contributed by atoms with Gasteiger partial charge in [0.15, 0.2) is 5.96 Å². The van der Waals surface area contributed by atoms with Gasteiger partial charge in [0, 0.05) is 6.54 Å². The Bertz CT molecular complexity index is 405. The molecule has 0 heterocycles. The van der Waals surface area contributed by atoms with Crippen molar-refractivity contribution in [3.63, 3.8) is 0 Å². The molecule has 21 heavy (non-hydrogen) atoms. The van der Waals surface area contributed by atoms with Crippen LogP contribution in [0.3, 0.4) is 0 Å². The first-order valence-corrected chi connectivity index (χ1v) is 5.78. The van der Waals surface area contributed by atoms with Crippen molar-refractivity contribution in [1.82, 2.24) is 0 Å². The van der Waals surface area contributed by atoms with Crippen LogP contribution in [0.1, 0.15) is 20.7 Å². The minimum Gasteiger partial charge on any atom is -1.00 e. The Morgan fingerprint density at radius 3 is 2.14 bits per heavy atom. The van der Waals surface area contributed by atoms with Crippen LogP contribution in [-0.4, -0.2) is 47.6 Å². The third kappa shape index (κ3) is 11.2. The number of carbonyl (C=O) groups is 3. The van der Waals surface area contributed by atoms with Gasteiger partial charge in [-0.2, -0.15) is 0 Å². The van der Waals surface area contributed by atoms with Crippen LogP contribution in [0.4, 0.5) is 0 Å². The van der Waals surface area contributed by atoms with Gasteiger partial charge in [0.1, 0.15) is 12.1 Å². The van der Waals surface area contributed by atoms with Gasteiger partial charge in [0.05, 0.1) is 6.42 Å². The van der Waals surface area contributed by atoms with E-state index >= 15 is 0 Å². The maximum atomic E-state index is 11.4. The Hall–Kier alpha value is -1.20. The Morgan fingerprint density at radius 1 is 1.14 bits per heavy atom. The summed E-state index contributed by atoms with van der Waals surface area (Å²) in [6, 6.07) is -2.45. The standard InChI is InChI=1S/C10H19N5O5.Na.H/c11-5(2-1-3-15-10(13)14)8(18)20-9(19)6(12)4-7(16)17;;/h5-6H,1-4,11-12H2,(H,16,17)(H4,13,14,15);;/q;+1;-1/t5-,6-;;/m0../s1. The maximum Gasteiger partial charge on any atom is 1.00 e. The van der Waals surface area contributed by atoms with Gasteiger partial charge in [-0.3, -0.25) is 9.79 Å². The van der Waals surface area contributed by atoms with E-state index in [0.717, 1.165) is 0 Å². The van der Waals surface area contributed by atoms with E-state index in [1.54, 1.807) is 0 Å². The van der Waals surface area contributed by atoms with Crippen molar-refractivity contribution in [2.24, 2.45) is 27.9 Å². The monoisotopic (exact) mass is 313 g/mol. The number of carboxylic acid groups (broad SMARTS) is 1. The number of hydrogen-bond donors (Lipinski definition) is 5. The molecule has 0 fully saturated rings. The van der Waals surface area contributed by atoms with E-state index in [0.29, 0.717) is 6.42 Å². The summed E-state index contributed by atoms with van der Waals surface area (Å²) in [6.45, 7) is 0.287. The van der Waals surface area contributed by atoms with Crippen LogP contribution in [0.5, 0.6) is 0 Å². The van der Waals surface area contributed by atoms with Crippen LogP contribution in [0, 0.1) is 0 Å². The first-order chi connectivity index (χ1) is 9.23. The molecule has 0 aliphatic heterocycles. The zero-order valence-electron chi connectivity index (χ0n) is 12.8. The fraction of sp³-hybridized carbons (Fsp3) is 0.600. The van der Waals surface area contributed by atoms with Crippen LogP contribution >= 0.6 is 0 Å². The molecule has 0 rings (SSSR count). The van der Waals surface area contributed by atoms with Gasteiger partial charge in [-0.25, -0.2) is 9.59 Å². The molecule has 0 aromatic carbocycles. The fourth-order valence-corrected chi connectivity index (χ4v) is 1.16. The van der Waals surface area contributed by atoms with Crippen LogP contribution in [0.15, 0.2) is 4.99 Å². The van der Waals surface area contributed by atoms with Gasteiger partial charge in [-0.1, -0.05) is 0 Å². The zero-order chi connectivity index (χ0) is 15.7. The largest absolute Gasteiger partial charge is 1.00 e. The average molecular weight is 313 g/mol. The molecule has 0 spiro atoms. The Kier molecular flexibility index (Phi) is 12.1. The summed E-state index contributed by atoms with van der Waals surface area (Å²) in [4.78, 5) is 36.7. The van der Waals surface area contributed by atoms with E-state index in [4.69, 9.17) is 28.0 Å². The normalized spacial score (nSPS) is 12.5. The van der Waals surface area contributed by atoms with E-state index in [-0.39, 0.29) is 49.9 Å². The molecular formula is C10H20N5NaO5. The summed E-state index contributed by atoms with van der Waals surface area (Å²) in [5, 5.41) is 8.43. The summed E-state index contributed by atoms with van der Waals surface area (Å²) in [5.41, 5.74) is 20.9. The minimum atomic E-state index is -1.41. The van der Waals surface area contributed by atoms with Crippen molar-refractivity contribution in [3.05, 3.63) is 0 Å². The van der Waals surface area contributed by atoms with Gasteiger partial charge < -0.3 is 34.2 Å². The summed E-state index contributed by atoms with van der Waals surface area (Å²) >= 11 is 0. The average Bonchev–Trinajstić information content (AvgIpc) is 2.32. The molecular weight excluding hydrogens is 293 g/mol. The van der Waals surface area contributed by atoms with E-state index < -0.39 is 36.4 Å². The van der Waals surface area contributed by atoms with E-state index in [1.165, 1.54) is 0 Å². The topological polar surface area (TPSA) is 197 Å². The Labute approximate surface area is 145 Å². The first-order valence-electron chi connectivity index (χ1n) is 5.78. The molecule has 0 aliphatic rings. The van der Waals surface area contributed by atoms with E-state index in [9.17, 15) is 14.4 Å². The smallest absolute Gasteiger partial charge is 1.00 e. The second-order valence-electron chi connectivity index (χ2n) is 4.00. The molecule has 0 aliphatic carbocycles. The summed E-state index contributed by atoms with van der Waals surface area (Å²) in [6.07, 6.45) is -0.00750. The van der Waals surface area contributed by atoms with Gasteiger partial charge in [0.25, 0.3) is 0 Å². The quantitative estimate of drug-likeness (QED) is 0.0723. The Balaban J connectivity index is -0.00000180. The molecule has 116 valence electrons. The molecule has 2 atom stereocenters. The van der Waals surface area contributed by atoms with Crippen molar-refractivity contribution in [2.45, 2.75) is 31.3 Å². The van der Waals surface area contributed by atoms with Gasteiger partial charge in [0.2, 0.25) is 0 Å². The molecule has 0 radical (unpaired) electrons. The van der Waals surface area contributed by atoms with Crippen LogP contribution in [0.25, 0.3) is 0 Å². The number of guanidine groups is 1. The summed E-state index contributed by atoms with van der Waals surface area (Å²) in [5.74, 6) is -3.45. The maximum absolute atomic E-state index is 11.4. The third-order valence-corrected chi connectivity index (χ3v) is 2.17. The number of aliphatic imine (C=N–C) groups is 1. The van der Waals surface area contributed by atoms with Crippen molar-refractivity contribution < 1.29 is 55.2 Å². The van der Waals surface area contributed by atoms with Crippen molar-refractivity contribution in [2.75, 3.05) is 6.54 Å². The second-order valence-corrected chi connectivity index (χ2v) is 4.00. The molecule has 0 bridgehead atoms. The van der Waals surface area contributed by atoms with Crippen molar-refractivity contribution in [3.8, 4) is 0 Å². The number of rotatable bonds is 8. The zero-order valence-corrected chi connectivity index (χ0v) is 13.8. The molecule has 11 heteroatoms. The number of carboxylic acids is 1. The predicted octanol–water partition coefficient (Wildman–Crippen LogP) is -5.64. The number of nitrogens with zero attached hydrogens (tertiary/aromatic N) is 1. The second kappa shape index (κ2) is 11.5. The van der Waals surface area contributed by atoms with E-state index in [2.05, 4.69) is 9.73 Å². The third-order valence-electron chi connectivity index (χ3n) is 2.17. The number of esters is 2. The number of nitrogens with two attached hydrogens (primary N) is 4. The fourth-order valence-electron chi connectivity index (χ4n) is 1.16. The van der Waals surface area contributed by atoms with Crippen LogP contribution < -0.4 is 52.5 Å². The first kappa shape index (κ1) is 22.1. The number of ether oxygens (including phenoxy) is 1. The number of hydrogen-bond acceptors (Lipinski definition) is 7. The van der Waals surface area contributed by atoms with Gasteiger partial charge in [-0.15, -0.1) is 0 Å². The van der Waals surface area contributed by atoms with Gasteiger partial charge >= 0.3 is 47.5 Å². The molecule has 0 saturated carbocycles.